The van der Waals surface area contributed by atoms with Crippen LogP contribution >= 0.6 is 0 Å². The molecular formula is C23H18BNO3S. The Morgan fingerprint density at radius 2 is 1.48 bits per heavy atom. The van der Waals surface area contributed by atoms with Gasteiger partial charge in [0.2, 0.25) is 0 Å². The van der Waals surface area contributed by atoms with Gasteiger partial charge in [-0.25, -0.2) is 0 Å². The molecule has 0 bridgehead atoms. The number of fused-ring (bicyclic) bond motifs is 1. The van der Waals surface area contributed by atoms with Crippen molar-refractivity contribution in [1.29, 1.82) is 0 Å². The molecule has 29 heavy (non-hydrogen) atoms. The third kappa shape index (κ3) is 4.38. The summed E-state index contributed by atoms with van der Waals surface area (Å²) in [7, 11) is -1.96. The van der Waals surface area contributed by atoms with E-state index in [1.807, 2.05) is 32.1 Å². The highest BCUT2D eigenvalue weighted by Gasteiger charge is 2.16. The van der Waals surface area contributed by atoms with E-state index in [4.69, 9.17) is 4.18 Å². The Kier molecular flexibility index (Phi) is 5.19. The van der Waals surface area contributed by atoms with Gasteiger partial charge in [0.05, 0.1) is 5.69 Å². The van der Waals surface area contributed by atoms with Crippen molar-refractivity contribution >= 4 is 46.1 Å². The number of benzene rings is 4. The zero-order chi connectivity index (χ0) is 20.3. The molecule has 0 saturated carbocycles. The Morgan fingerprint density at radius 1 is 0.793 bits per heavy atom. The van der Waals surface area contributed by atoms with Crippen molar-refractivity contribution in [2.75, 3.05) is 0 Å². The highest BCUT2D eigenvalue weighted by atomic mass is 32.2. The third-order valence-corrected chi connectivity index (χ3v) is 5.79. The van der Waals surface area contributed by atoms with Gasteiger partial charge < -0.3 is 4.18 Å². The van der Waals surface area contributed by atoms with Crippen LogP contribution in [0.1, 0.15) is 5.56 Å². The van der Waals surface area contributed by atoms with Gasteiger partial charge in [0, 0.05) is 11.8 Å². The first kappa shape index (κ1) is 19.0. The minimum Gasteiger partial charge on any atom is -0.379 e. The van der Waals surface area contributed by atoms with Crippen LogP contribution in [-0.4, -0.2) is 22.5 Å². The Balaban J connectivity index is 1.52. The molecule has 4 aromatic rings. The van der Waals surface area contributed by atoms with E-state index in [-0.39, 0.29) is 10.6 Å². The maximum atomic E-state index is 12.4. The smallest absolute Gasteiger partial charge is 0.339 e. The molecular weight excluding hydrogens is 381 g/mol. The number of hydrogen-bond donors (Lipinski definition) is 0. The van der Waals surface area contributed by atoms with Gasteiger partial charge in [0.1, 0.15) is 18.5 Å². The summed E-state index contributed by atoms with van der Waals surface area (Å²) < 4.78 is 30.0. The molecule has 0 aliphatic heterocycles. The van der Waals surface area contributed by atoms with Crippen molar-refractivity contribution in [3.63, 3.8) is 0 Å². The lowest BCUT2D eigenvalue weighted by Crippen LogP contribution is -2.11. The van der Waals surface area contributed by atoms with Gasteiger partial charge in [-0.15, -0.1) is 0 Å². The lowest BCUT2D eigenvalue weighted by Gasteiger charge is -2.07. The van der Waals surface area contributed by atoms with Gasteiger partial charge in [0.15, 0.2) is 0 Å². The topological polar surface area (TPSA) is 55.7 Å². The SMILES string of the molecule is Bc1ccc(S(=O)(=O)Oc2ccc(/N=C\c3cccc4ccccc34)cc2)cc1. The Bertz CT molecular complexity index is 1280. The molecule has 0 amide bonds. The average Bonchev–Trinajstić information content (AvgIpc) is 2.73. The molecule has 6 heteroatoms. The minimum atomic E-state index is -3.86. The Labute approximate surface area is 171 Å². The van der Waals surface area contributed by atoms with Gasteiger partial charge in [-0.3, -0.25) is 4.99 Å². The number of nitrogens with zero attached hydrogens (tertiary/aromatic N) is 1. The molecule has 4 nitrogen and oxygen atoms in total. The van der Waals surface area contributed by atoms with Crippen molar-refractivity contribution in [2.24, 2.45) is 4.99 Å². The van der Waals surface area contributed by atoms with Crippen molar-refractivity contribution < 1.29 is 12.6 Å². The number of hydrogen-bond acceptors (Lipinski definition) is 4. The fraction of sp³-hybridized carbons (Fsp3) is 0. The molecule has 0 N–H and O–H groups in total. The summed E-state index contributed by atoms with van der Waals surface area (Å²) in [6, 6.07) is 27.4. The van der Waals surface area contributed by atoms with Crippen LogP contribution in [0.25, 0.3) is 10.8 Å². The number of rotatable bonds is 5. The normalized spacial score (nSPS) is 11.7. The summed E-state index contributed by atoms with van der Waals surface area (Å²) in [5, 5.41) is 2.28. The maximum Gasteiger partial charge on any atom is 0.339 e. The van der Waals surface area contributed by atoms with E-state index in [1.54, 1.807) is 42.6 Å². The second kappa shape index (κ2) is 7.93. The van der Waals surface area contributed by atoms with Crippen LogP contribution in [0.15, 0.2) is 101 Å². The van der Waals surface area contributed by atoms with Crippen LogP contribution in [0.5, 0.6) is 5.75 Å². The molecule has 0 spiro atoms. The van der Waals surface area contributed by atoms with Crippen molar-refractivity contribution in [3.8, 4) is 5.75 Å². The molecule has 0 heterocycles. The summed E-state index contributed by atoms with van der Waals surface area (Å²) in [5.74, 6) is 0.245. The zero-order valence-corrected chi connectivity index (χ0v) is 16.6. The highest BCUT2D eigenvalue weighted by molar-refractivity contribution is 7.87. The van der Waals surface area contributed by atoms with E-state index in [9.17, 15) is 8.42 Å². The predicted molar refractivity (Wildman–Crippen MR) is 120 cm³/mol. The summed E-state index contributed by atoms with van der Waals surface area (Å²) in [4.78, 5) is 4.63. The fourth-order valence-corrected chi connectivity index (χ4v) is 3.90. The maximum absolute atomic E-state index is 12.4. The monoisotopic (exact) mass is 399 g/mol. The van der Waals surface area contributed by atoms with Gasteiger partial charge >= 0.3 is 10.1 Å². The summed E-state index contributed by atoms with van der Waals surface area (Å²) in [6.07, 6.45) is 1.81. The lowest BCUT2D eigenvalue weighted by molar-refractivity contribution is 0.486. The van der Waals surface area contributed by atoms with Crippen molar-refractivity contribution in [2.45, 2.75) is 4.90 Å². The average molecular weight is 399 g/mol. The van der Waals surface area contributed by atoms with Crippen molar-refractivity contribution in [1.82, 2.24) is 0 Å². The molecule has 0 aliphatic rings. The van der Waals surface area contributed by atoms with Gasteiger partial charge in [-0.05, 0) is 47.2 Å². The van der Waals surface area contributed by atoms with Crippen LogP contribution in [0, 0.1) is 0 Å². The molecule has 4 rings (SSSR count). The van der Waals surface area contributed by atoms with Crippen LogP contribution in [-0.2, 0) is 10.1 Å². The van der Waals surface area contributed by atoms with E-state index < -0.39 is 10.1 Å². The third-order valence-electron chi connectivity index (χ3n) is 4.53. The molecule has 4 aromatic carbocycles. The van der Waals surface area contributed by atoms with E-state index >= 15 is 0 Å². The minimum absolute atomic E-state index is 0.126. The van der Waals surface area contributed by atoms with E-state index in [0.717, 1.165) is 21.8 Å². The molecule has 0 aromatic heterocycles. The first-order valence-electron chi connectivity index (χ1n) is 9.14. The highest BCUT2D eigenvalue weighted by Crippen LogP contribution is 2.23. The second-order valence-electron chi connectivity index (χ2n) is 6.67. The Morgan fingerprint density at radius 3 is 2.24 bits per heavy atom. The molecule has 142 valence electrons. The zero-order valence-electron chi connectivity index (χ0n) is 15.8. The van der Waals surface area contributed by atoms with Crippen LogP contribution < -0.4 is 9.65 Å². The van der Waals surface area contributed by atoms with Gasteiger partial charge in [-0.1, -0.05) is 60.1 Å². The molecule has 0 unspecified atom stereocenters. The van der Waals surface area contributed by atoms with Gasteiger partial charge in [-0.2, -0.15) is 8.42 Å². The van der Waals surface area contributed by atoms with Crippen LogP contribution in [0.2, 0.25) is 0 Å². The summed E-state index contributed by atoms with van der Waals surface area (Å²) in [5.41, 5.74) is 2.71. The fourth-order valence-electron chi connectivity index (χ4n) is 2.97. The Hall–Kier alpha value is -3.38. The predicted octanol–water partition coefficient (Wildman–Crippen LogP) is 3.62. The van der Waals surface area contributed by atoms with Crippen LogP contribution in [0.4, 0.5) is 5.69 Å². The van der Waals surface area contributed by atoms with E-state index in [0.29, 0.717) is 5.69 Å². The van der Waals surface area contributed by atoms with Crippen molar-refractivity contribution in [3.05, 3.63) is 96.6 Å². The summed E-state index contributed by atoms with van der Waals surface area (Å²) in [6.45, 7) is 0. The van der Waals surface area contributed by atoms with E-state index in [1.165, 1.54) is 12.1 Å². The van der Waals surface area contributed by atoms with E-state index in [2.05, 4.69) is 23.2 Å². The molecule has 0 atom stereocenters. The molecule has 0 aliphatic carbocycles. The first-order chi connectivity index (χ1) is 14.0. The molecule has 0 saturated heterocycles. The largest absolute Gasteiger partial charge is 0.379 e. The molecule has 0 radical (unpaired) electrons. The number of aliphatic imine (C=N–C) groups is 1. The summed E-state index contributed by atoms with van der Waals surface area (Å²) >= 11 is 0. The van der Waals surface area contributed by atoms with Gasteiger partial charge in [0.25, 0.3) is 0 Å². The lowest BCUT2D eigenvalue weighted by atomic mass is 9.97. The second-order valence-corrected chi connectivity index (χ2v) is 8.22. The van der Waals surface area contributed by atoms with Crippen LogP contribution in [0.3, 0.4) is 0 Å². The first-order valence-corrected chi connectivity index (χ1v) is 10.6. The molecule has 0 fully saturated rings. The quantitative estimate of drug-likeness (QED) is 0.293. The standard InChI is InChI=1S/C23H18BNO3S/c24-19-8-14-22(15-9-19)29(26,27)28-21-12-10-20(11-13-21)25-16-18-6-3-5-17-4-1-2-7-23(17)18/h1-16H,24H2/b25-16-.